The van der Waals surface area contributed by atoms with Crippen molar-refractivity contribution in [2.75, 3.05) is 13.6 Å². The summed E-state index contributed by atoms with van der Waals surface area (Å²) < 4.78 is 1.97. The molecule has 1 heterocycles. The van der Waals surface area contributed by atoms with Gasteiger partial charge in [0.15, 0.2) is 5.96 Å². The first-order valence-electron chi connectivity index (χ1n) is 8.81. The molecule has 3 rings (SSSR count). The molecule has 1 aromatic heterocycles. The van der Waals surface area contributed by atoms with Gasteiger partial charge in [0.1, 0.15) is 0 Å². The lowest BCUT2D eigenvalue weighted by Gasteiger charge is -2.22. The van der Waals surface area contributed by atoms with E-state index >= 15 is 0 Å². The summed E-state index contributed by atoms with van der Waals surface area (Å²) in [5.74, 6) is 2.82. The Hall–Kier alpha value is -0.790. The van der Waals surface area contributed by atoms with Crippen molar-refractivity contribution >= 4 is 29.9 Å². The number of aryl methyl sites for hydroxylation is 1. The second-order valence-electron chi connectivity index (χ2n) is 6.67. The van der Waals surface area contributed by atoms with Crippen LogP contribution in [0, 0.1) is 11.8 Å². The van der Waals surface area contributed by atoms with Crippen molar-refractivity contribution in [1.82, 2.24) is 20.4 Å². The van der Waals surface area contributed by atoms with Crippen LogP contribution in [-0.2, 0) is 6.54 Å². The average Bonchev–Trinajstić information content (AvgIpc) is 3.13. The molecule has 2 fully saturated rings. The quantitative estimate of drug-likeness (QED) is 0.315. The Morgan fingerprint density at radius 2 is 2.13 bits per heavy atom. The van der Waals surface area contributed by atoms with Crippen molar-refractivity contribution in [3.05, 3.63) is 18.5 Å². The van der Waals surface area contributed by atoms with Crippen LogP contribution >= 0.6 is 24.0 Å². The molecule has 0 saturated heterocycles. The molecule has 1 aromatic rings. The molecule has 6 heteroatoms. The summed E-state index contributed by atoms with van der Waals surface area (Å²) >= 11 is 0. The van der Waals surface area contributed by atoms with Gasteiger partial charge < -0.3 is 10.6 Å². The van der Waals surface area contributed by atoms with Gasteiger partial charge in [-0.3, -0.25) is 9.67 Å². The fourth-order valence-electron chi connectivity index (χ4n) is 3.71. The lowest BCUT2D eigenvalue weighted by Crippen LogP contribution is -2.40. The molecule has 2 aliphatic rings. The minimum Gasteiger partial charge on any atom is -0.356 e. The third kappa shape index (κ3) is 5.65. The van der Waals surface area contributed by atoms with Crippen LogP contribution in [0.4, 0.5) is 0 Å². The summed E-state index contributed by atoms with van der Waals surface area (Å²) in [6.45, 7) is 1.88. The Bertz CT molecular complexity index is 467. The highest BCUT2D eigenvalue weighted by Crippen LogP contribution is 2.44. The topological polar surface area (TPSA) is 54.2 Å². The molecule has 2 aliphatic carbocycles. The fourth-order valence-corrected chi connectivity index (χ4v) is 3.71. The van der Waals surface area contributed by atoms with Crippen molar-refractivity contribution in [2.24, 2.45) is 16.8 Å². The van der Waals surface area contributed by atoms with Crippen LogP contribution in [0.25, 0.3) is 0 Å². The van der Waals surface area contributed by atoms with Gasteiger partial charge in [-0.05, 0) is 30.7 Å². The number of halogens is 1. The summed E-state index contributed by atoms with van der Waals surface area (Å²) in [4.78, 5) is 4.35. The van der Waals surface area contributed by atoms with Gasteiger partial charge in [0.25, 0.3) is 0 Å². The van der Waals surface area contributed by atoms with E-state index < -0.39 is 0 Å². The van der Waals surface area contributed by atoms with Crippen molar-refractivity contribution in [3.8, 4) is 0 Å². The first-order chi connectivity index (χ1) is 10.9. The third-order valence-corrected chi connectivity index (χ3v) is 5.06. The third-order valence-electron chi connectivity index (χ3n) is 5.06. The summed E-state index contributed by atoms with van der Waals surface area (Å²) in [5.41, 5.74) is 0. The van der Waals surface area contributed by atoms with E-state index in [2.05, 4.69) is 20.7 Å². The largest absolute Gasteiger partial charge is 0.356 e. The van der Waals surface area contributed by atoms with Crippen molar-refractivity contribution < 1.29 is 0 Å². The maximum Gasteiger partial charge on any atom is 0.191 e. The van der Waals surface area contributed by atoms with Gasteiger partial charge >= 0.3 is 0 Å². The van der Waals surface area contributed by atoms with E-state index in [4.69, 9.17) is 0 Å². The van der Waals surface area contributed by atoms with E-state index in [9.17, 15) is 0 Å². The monoisotopic (exact) mass is 431 g/mol. The Balaban J connectivity index is 0.00000192. The lowest BCUT2D eigenvalue weighted by molar-refractivity contribution is 0.315. The number of nitrogens with one attached hydrogen (secondary N) is 2. The van der Waals surface area contributed by atoms with Gasteiger partial charge in [-0.2, -0.15) is 5.10 Å². The highest BCUT2D eigenvalue weighted by molar-refractivity contribution is 14.0. The molecule has 2 N–H and O–H groups in total. The highest BCUT2D eigenvalue weighted by atomic mass is 127. The minimum absolute atomic E-state index is 0. The summed E-state index contributed by atoms with van der Waals surface area (Å²) in [6.07, 6.45) is 13.4. The number of nitrogens with zero attached hydrogens (tertiary/aromatic N) is 3. The van der Waals surface area contributed by atoms with Gasteiger partial charge in [0, 0.05) is 38.6 Å². The van der Waals surface area contributed by atoms with E-state index in [1.54, 1.807) is 0 Å². The Kier molecular flexibility index (Phi) is 7.65. The summed E-state index contributed by atoms with van der Waals surface area (Å²) in [7, 11) is 1.86. The molecule has 0 radical (unpaired) electrons. The van der Waals surface area contributed by atoms with Crippen molar-refractivity contribution in [3.63, 3.8) is 0 Å². The summed E-state index contributed by atoms with van der Waals surface area (Å²) in [6, 6.07) is 2.62. The molecule has 0 spiro atoms. The first-order valence-corrected chi connectivity index (χ1v) is 8.81. The zero-order valence-electron chi connectivity index (χ0n) is 14.1. The van der Waals surface area contributed by atoms with E-state index in [0.717, 1.165) is 37.3 Å². The molecular weight excluding hydrogens is 401 g/mol. The smallest absolute Gasteiger partial charge is 0.191 e. The highest BCUT2D eigenvalue weighted by Gasteiger charge is 2.43. The number of aromatic nitrogens is 2. The van der Waals surface area contributed by atoms with Gasteiger partial charge in [-0.1, -0.05) is 32.1 Å². The number of rotatable bonds is 6. The zero-order chi connectivity index (χ0) is 15.2. The second-order valence-corrected chi connectivity index (χ2v) is 6.67. The zero-order valence-corrected chi connectivity index (χ0v) is 16.4. The van der Waals surface area contributed by atoms with Gasteiger partial charge in [-0.25, -0.2) is 0 Å². The van der Waals surface area contributed by atoms with Crippen LogP contribution in [-0.4, -0.2) is 35.4 Å². The number of hydrogen-bond acceptors (Lipinski definition) is 2. The molecule has 130 valence electrons. The van der Waals surface area contributed by atoms with E-state index in [1.165, 1.54) is 38.5 Å². The fraction of sp³-hybridized carbons (Fsp3) is 0.765. The first kappa shape index (κ1) is 18.5. The molecule has 0 bridgehead atoms. The predicted octanol–water partition coefficient (Wildman–Crippen LogP) is 3.03. The normalized spacial score (nSPS) is 24.8. The Labute approximate surface area is 156 Å². The molecule has 2 atom stereocenters. The van der Waals surface area contributed by atoms with Crippen LogP contribution in [0.1, 0.15) is 44.9 Å². The van der Waals surface area contributed by atoms with Crippen LogP contribution in [0.2, 0.25) is 0 Å². The maximum absolute atomic E-state index is 4.35. The number of guanidine groups is 1. The van der Waals surface area contributed by atoms with Crippen molar-refractivity contribution in [2.45, 2.75) is 57.5 Å². The van der Waals surface area contributed by atoms with Gasteiger partial charge in [-0.15, -0.1) is 24.0 Å². The average molecular weight is 431 g/mol. The van der Waals surface area contributed by atoms with E-state index in [-0.39, 0.29) is 24.0 Å². The molecular formula is C17H30IN5. The van der Waals surface area contributed by atoms with E-state index in [1.807, 2.05) is 30.2 Å². The lowest BCUT2D eigenvalue weighted by atomic mass is 9.85. The molecule has 2 saturated carbocycles. The van der Waals surface area contributed by atoms with Gasteiger partial charge in [0.2, 0.25) is 0 Å². The maximum atomic E-state index is 4.35. The molecule has 2 unspecified atom stereocenters. The minimum atomic E-state index is 0. The Morgan fingerprint density at radius 1 is 1.30 bits per heavy atom. The van der Waals surface area contributed by atoms with Gasteiger partial charge in [0.05, 0.1) is 0 Å². The molecule has 0 aromatic carbocycles. The van der Waals surface area contributed by atoms with E-state index in [0.29, 0.717) is 6.04 Å². The van der Waals surface area contributed by atoms with Crippen molar-refractivity contribution in [1.29, 1.82) is 0 Å². The van der Waals surface area contributed by atoms with Crippen LogP contribution in [0.3, 0.4) is 0 Å². The Morgan fingerprint density at radius 3 is 2.83 bits per heavy atom. The summed E-state index contributed by atoms with van der Waals surface area (Å²) in [5, 5.41) is 11.2. The second kappa shape index (κ2) is 9.49. The van der Waals surface area contributed by atoms with Crippen LogP contribution in [0.15, 0.2) is 23.5 Å². The number of aliphatic imine (C=N–C) groups is 1. The molecule has 5 nitrogen and oxygen atoms in total. The molecule has 23 heavy (non-hydrogen) atoms. The molecule has 0 aliphatic heterocycles. The van der Waals surface area contributed by atoms with Crippen LogP contribution < -0.4 is 10.6 Å². The SMILES string of the molecule is CN=C(NCCCn1cccn1)NC1CC1C1CCCCC1.I. The predicted molar refractivity (Wildman–Crippen MR) is 105 cm³/mol. The van der Waals surface area contributed by atoms with Crippen LogP contribution in [0.5, 0.6) is 0 Å². The standard InChI is InChI=1S/C17H29N5.HI/c1-18-17(19-9-5-11-22-12-6-10-20-22)21-16-13-15(16)14-7-3-2-4-8-14;/h6,10,12,14-16H,2-5,7-9,11,13H2,1H3,(H2,18,19,21);1H. The number of hydrogen-bond donors (Lipinski definition) is 2. The molecule has 0 amide bonds.